The van der Waals surface area contributed by atoms with E-state index < -0.39 is 0 Å². The van der Waals surface area contributed by atoms with Gasteiger partial charge in [0, 0.05) is 35.9 Å². The number of carbonyl (C=O) groups is 2. The van der Waals surface area contributed by atoms with Gasteiger partial charge in [0.05, 0.1) is 18.4 Å². The normalized spacial score (nSPS) is 12.9. The van der Waals surface area contributed by atoms with E-state index >= 15 is 0 Å². The number of fused-ring (bicyclic) bond motifs is 1. The molecule has 144 valence electrons. The van der Waals surface area contributed by atoms with Gasteiger partial charge in [0.1, 0.15) is 11.5 Å². The van der Waals surface area contributed by atoms with Gasteiger partial charge in [0.25, 0.3) is 0 Å². The molecule has 0 spiro atoms. The van der Waals surface area contributed by atoms with Crippen LogP contribution in [0.25, 0.3) is 11.3 Å². The Morgan fingerprint density at radius 3 is 2.96 bits per heavy atom. The highest BCUT2D eigenvalue weighted by Gasteiger charge is 2.26. The Hall–Kier alpha value is -3.13. The lowest BCUT2D eigenvalue weighted by molar-refractivity contribution is -0.123. The largest absolute Gasteiger partial charge is 0.338 e. The smallest absolute Gasteiger partial charge is 0.241 e. The zero-order chi connectivity index (χ0) is 19.7. The number of nitrogens with one attached hydrogen (secondary N) is 1. The quantitative estimate of drug-likeness (QED) is 0.712. The molecule has 0 fully saturated rings. The number of imidazole rings is 1. The molecule has 4 rings (SSSR count). The summed E-state index contributed by atoms with van der Waals surface area (Å²) in [6.07, 6.45) is 2.60. The van der Waals surface area contributed by atoms with Crippen molar-refractivity contribution in [2.45, 2.75) is 26.2 Å². The molecule has 1 aliphatic rings. The Morgan fingerprint density at radius 1 is 1.29 bits per heavy atom. The van der Waals surface area contributed by atoms with Crippen molar-refractivity contribution in [3.63, 3.8) is 0 Å². The van der Waals surface area contributed by atoms with E-state index in [0.717, 1.165) is 23.5 Å². The minimum Gasteiger partial charge on any atom is -0.338 e. The lowest BCUT2D eigenvalue weighted by atomic mass is 10.1. The maximum atomic E-state index is 12.5. The summed E-state index contributed by atoms with van der Waals surface area (Å²) in [6, 6.07) is 8.79. The SMILES string of the molecule is Cc1cnc2n1N(C(=O)CCC(=O)Nc1cc(-c3cccc(Cl)c3)no1)CC2. The molecule has 0 aliphatic carbocycles. The molecule has 3 aromatic rings. The first-order valence-electron chi connectivity index (χ1n) is 8.87. The van der Waals surface area contributed by atoms with Crippen LogP contribution in [-0.4, -0.2) is 33.2 Å². The summed E-state index contributed by atoms with van der Waals surface area (Å²) in [7, 11) is 0. The summed E-state index contributed by atoms with van der Waals surface area (Å²) in [6.45, 7) is 2.48. The van der Waals surface area contributed by atoms with Crippen LogP contribution in [0.15, 0.2) is 41.1 Å². The van der Waals surface area contributed by atoms with Crippen molar-refractivity contribution in [3.8, 4) is 11.3 Å². The number of rotatable bonds is 5. The second kappa shape index (κ2) is 7.47. The first-order chi connectivity index (χ1) is 13.5. The van der Waals surface area contributed by atoms with Gasteiger partial charge in [0.15, 0.2) is 0 Å². The van der Waals surface area contributed by atoms with Crippen molar-refractivity contribution < 1.29 is 14.1 Å². The number of anilines is 1. The van der Waals surface area contributed by atoms with E-state index in [1.54, 1.807) is 29.4 Å². The lowest BCUT2D eigenvalue weighted by Gasteiger charge is -2.19. The van der Waals surface area contributed by atoms with Gasteiger partial charge in [-0.15, -0.1) is 0 Å². The zero-order valence-electron chi connectivity index (χ0n) is 15.2. The molecule has 9 heteroatoms. The number of halogens is 1. The van der Waals surface area contributed by atoms with Gasteiger partial charge in [-0.1, -0.05) is 28.9 Å². The van der Waals surface area contributed by atoms with Crippen molar-refractivity contribution >= 4 is 29.3 Å². The highest BCUT2D eigenvalue weighted by Crippen LogP contribution is 2.24. The fourth-order valence-electron chi connectivity index (χ4n) is 3.19. The molecule has 1 aromatic carbocycles. The highest BCUT2D eigenvalue weighted by atomic mass is 35.5. The molecule has 0 saturated carbocycles. The zero-order valence-corrected chi connectivity index (χ0v) is 15.9. The van der Waals surface area contributed by atoms with E-state index in [1.807, 2.05) is 23.7 Å². The van der Waals surface area contributed by atoms with Crippen LogP contribution in [0.4, 0.5) is 5.88 Å². The van der Waals surface area contributed by atoms with Crippen LogP contribution in [0.5, 0.6) is 0 Å². The Morgan fingerprint density at radius 2 is 2.14 bits per heavy atom. The topological polar surface area (TPSA) is 93.3 Å². The van der Waals surface area contributed by atoms with Gasteiger partial charge >= 0.3 is 0 Å². The Bertz CT molecular complexity index is 1040. The molecule has 1 N–H and O–H groups in total. The van der Waals surface area contributed by atoms with Gasteiger partial charge in [-0.25, -0.2) is 14.7 Å². The predicted octanol–water partition coefficient (Wildman–Crippen LogP) is 2.94. The van der Waals surface area contributed by atoms with Crippen LogP contribution in [0.1, 0.15) is 24.4 Å². The molecule has 3 heterocycles. The third-order valence-electron chi connectivity index (χ3n) is 4.51. The molecule has 2 aromatic heterocycles. The molecule has 8 nitrogen and oxygen atoms in total. The van der Waals surface area contributed by atoms with Crippen LogP contribution in [-0.2, 0) is 16.0 Å². The molecule has 0 unspecified atom stereocenters. The number of amides is 2. The van der Waals surface area contributed by atoms with E-state index in [-0.39, 0.29) is 30.5 Å². The molecule has 0 atom stereocenters. The minimum absolute atomic E-state index is 0.0472. The Labute approximate surface area is 166 Å². The third-order valence-corrected chi connectivity index (χ3v) is 4.75. The minimum atomic E-state index is -0.316. The number of aryl methyl sites for hydroxylation is 1. The molecule has 2 amide bonds. The number of benzene rings is 1. The van der Waals surface area contributed by atoms with Crippen LogP contribution in [0.2, 0.25) is 5.02 Å². The highest BCUT2D eigenvalue weighted by molar-refractivity contribution is 6.30. The number of hydrogen-bond acceptors (Lipinski definition) is 5. The number of carbonyl (C=O) groups excluding carboxylic acids is 2. The molecule has 1 aliphatic heterocycles. The summed E-state index contributed by atoms with van der Waals surface area (Å²) in [5.74, 6) is 0.656. The Balaban J connectivity index is 1.33. The van der Waals surface area contributed by atoms with Gasteiger partial charge in [-0.05, 0) is 19.1 Å². The second-order valence-electron chi connectivity index (χ2n) is 6.53. The molecular weight excluding hydrogens is 382 g/mol. The molecule has 28 heavy (non-hydrogen) atoms. The maximum absolute atomic E-state index is 12.5. The Kier molecular flexibility index (Phi) is 4.87. The predicted molar refractivity (Wildman–Crippen MR) is 104 cm³/mol. The summed E-state index contributed by atoms with van der Waals surface area (Å²) >= 11 is 5.97. The van der Waals surface area contributed by atoms with Crippen molar-refractivity contribution in [3.05, 3.63) is 53.1 Å². The fraction of sp³-hybridized carbons (Fsp3) is 0.263. The standard InChI is InChI=1S/C19H18ClN5O3/c1-12-11-21-16-7-8-24(25(12)16)19(27)6-5-17(26)22-18-10-15(23-28-18)13-3-2-4-14(20)9-13/h2-4,9-11H,5-8H2,1H3,(H,22,26). The monoisotopic (exact) mass is 399 g/mol. The van der Waals surface area contributed by atoms with E-state index in [0.29, 0.717) is 17.3 Å². The first-order valence-corrected chi connectivity index (χ1v) is 9.25. The fourth-order valence-corrected chi connectivity index (χ4v) is 3.38. The summed E-state index contributed by atoms with van der Waals surface area (Å²) in [4.78, 5) is 28.9. The lowest BCUT2D eigenvalue weighted by Crippen LogP contribution is -2.38. The third kappa shape index (κ3) is 3.63. The van der Waals surface area contributed by atoms with Crippen LogP contribution in [0.3, 0.4) is 0 Å². The summed E-state index contributed by atoms with van der Waals surface area (Å²) in [5.41, 5.74) is 2.25. The van der Waals surface area contributed by atoms with Crippen LogP contribution in [0, 0.1) is 6.92 Å². The molecule has 0 radical (unpaired) electrons. The number of hydrogen-bond donors (Lipinski definition) is 1. The second-order valence-corrected chi connectivity index (χ2v) is 6.97. The van der Waals surface area contributed by atoms with Gasteiger partial charge in [-0.2, -0.15) is 0 Å². The van der Waals surface area contributed by atoms with E-state index in [4.69, 9.17) is 16.1 Å². The maximum Gasteiger partial charge on any atom is 0.241 e. The van der Waals surface area contributed by atoms with Crippen molar-refractivity contribution in [2.75, 3.05) is 16.9 Å². The van der Waals surface area contributed by atoms with Crippen molar-refractivity contribution in [2.24, 2.45) is 0 Å². The van der Waals surface area contributed by atoms with E-state index in [1.165, 1.54) is 0 Å². The van der Waals surface area contributed by atoms with Gasteiger partial charge in [0.2, 0.25) is 17.7 Å². The summed E-state index contributed by atoms with van der Waals surface area (Å²) < 4.78 is 6.97. The van der Waals surface area contributed by atoms with E-state index in [9.17, 15) is 9.59 Å². The first kappa shape index (κ1) is 18.2. The molecule has 0 saturated heterocycles. The molecule has 0 bridgehead atoms. The average Bonchev–Trinajstić information content (AvgIpc) is 3.38. The van der Waals surface area contributed by atoms with Crippen molar-refractivity contribution in [1.29, 1.82) is 0 Å². The average molecular weight is 400 g/mol. The van der Waals surface area contributed by atoms with Crippen LogP contribution < -0.4 is 10.3 Å². The van der Waals surface area contributed by atoms with Crippen LogP contribution >= 0.6 is 11.6 Å². The number of aromatic nitrogens is 3. The summed E-state index contributed by atoms with van der Waals surface area (Å²) in [5, 5.41) is 8.78. The molecular formula is C19H18ClN5O3. The van der Waals surface area contributed by atoms with E-state index in [2.05, 4.69) is 15.5 Å². The number of nitrogens with zero attached hydrogens (tertiary/aromatic N) is 4. The van der Waals surface area contributed by atoms with Gasteiger partial charge < -0.3 is 4.52 Å². The van der Waals surface area contributed by atoms with Crippen molar-refractivity contribution in [1.82, 2.24) is 14.8 Å². The van der Waals surface area contributed by atoms with Gasteiger partial charge in [-0.3, -0.25) is 14.9 Å².